The van der Waals surface area contributed by atoms with E-state index in [4.69, 9.17) is 0 Å². The second-order valence-corrected chi connectivity index (χ2v) is 5.44. The summed E-state index contributed by atoms with van der Waals surface area (Å²) in [5.74, 6) is -0.128. The number of anilines is 1. The number of hydrogen-bond donors (Lipinski definition) is 2. The van der Waals surface area contributed by atoms with Crippen molar-refractivity contribution in [3.63, 3.8) is 0 Å². The average Bonchev–Trinajstić information content (AvgIpc) is 2.55. The summed E-state index contributed by atoms with van der Waals surface area (Å²) in [6.07, 6.45) is 0. The third-order valence-corrected chi connectivity index (χ3v) is 3.62. The van der Waals surface area contributed by atoms with Crippen LogP contribution >= 0.6 is 0 Å². The monoisotopic (exact) mass is 304 g/mol. The van der Waals surface area contributed by atoms with Crippen LogP contribution in [0, 0.1) is 6.07 Å². The lowest BCUT2D eigenvalue weighted by molar-refractivity contribution is 0.448. The molecule has 0 unspecified atom stereocenters. The van der Waals surface area contributed by atoms with Crippen molar-refractivity contribution in [1.82, 2.24) is 0 Å². The topological polar surface area (TPSA) is 43.7 Å². The standard InChI is InChI=1S/C20H18NO2/c22-19-11-18(12-20(23)13-19)21(14-16-7-3-1-4-8-16)15-17-9-5-2-6-10-17/h1-12,22-23H,14-15H2. The molecule has 2 N–H and O–H groups in total. The normalized spacial score (nSPS) is 10.4. The Kier molecular flexibility index (Phi) is 4.48. The number of rotatable bonds is 5. The molecule has 23 heavy (non-hydrogen) atoms. The van der Waals surface area contributed by atoms with Crippen LogP contribution in [0.4, 0.5) is 5.69 Å². The van der Waals surface area contributed by atoms with Crippen molar-refractivity contribution in [2.24, 2.45) is 0 Å². The van der Waals surface area contributed by atoms with E-state index in [0.29, 0.717) is 13.1 Å². The molecule has 1 radical (unpaired) electrons. The van der Waals surface area contributed by atoms with Gasteiger partial charge in [0.25, 0.3) is 0 Å². The summed E-state index contributed by atoms with van der Waals surface area (Å²) in [6, 6.07) is 25.9. The molecule has 3 heteroatoms. The predicted octanol–water partition coefficient (Wildman–Crippen LogP) is 4.10. The van der Waals surface area contributed by atoms with Gasteiger partial charge in [-0.25, -0.2) is 0 Å². The highest BCUT2D eigenvalue weighted by Gasteiger charge is 2.11. The molecule has 0 spiro atoms. The van der Waals surface area contributed by atoms with Crippen LogP contribution in [0.2, 0.25) is 0 Å². The molecule has 0 aliphatic rings. The quantitative estimate of drug-likeness (QED) is 0.745. The Bertz CT molecular complexity index is 695. The first kappa shape index (κ1) is 15.0. The third-order valence-electron chi connectivity index (χ3n) is 3.62. The van der Waals surface area contributed by atoms with Crippen LogP contribution in [-0.2, 0) is 13.1 Å². The second-order valence-electron chi connectivity index (χ2n) is 5.44. The number of nitrogens with zero attached hydrogens (tertiary/aromatic N) is 1. The van der Waals surface area contributed by atoms with Gasteiger partial charge in [0.1, 0.15) is 11.5 Å². The van der Waals surface area contributed by atoms with Gasteiger partial charge in [0, 0.05) is 30.9 Å². The van der Waals surface area contributed by atoms with Gasteiger partial charge in [-0.2, -0.15) is 0 Å². The summed E-state index contributed by atoms with van der Waals surface area (Å²) in [4.78, 5) is 2.11. The van der Waals surface area contributed by atoms with E-state index in [-0.39, 0.29) is 11.5 Å². The molecule has 3 nitrogen and oxygen atoms in total. The summed E-state index contributed by atoms with van der Waals surface area (Å²) in [5, 5.41) is 19.5. The van der Waals surface area contributed by atoms with Gasteiger partial charge in [-0.05, 0) is 11.1 Å². The van der Waals surface area contributed by atoms with E-state index < -0.39 is 0 Å². The first-order valence-corrected chi connectivity index (χ1v) is 7.49. The molecule has 3 aromatic carbocycles. The van der Waals surface area contributed by atoms with Crippen molar-refractivity contribution in [3.8, 4) is 11.5 Å². The molecule has 115 valence electrons. The smallest absolute Gasteiger partial charge is 0.129 e. The summed E-state index contributed by atoms with van der Waals surface area (Å²) >= 11 is 0. The van der Waals surface area contributed by atoms with E-state index in [9.17, 15) is 10.2 Å². The largest absolute Gasteiger partial charge is 0.507 e. The van der Waals surface area contributed by atoms with Crippen molar-refractivity contribution >= 4 is 5.69 Å². The van der Waals surface area contributed by atoms with E-state index in [0.717, 1.165) is 16.8 Å². The van der Waals surface area contributed by atoms with E-state index in [1.807, 2.05) is 36.4 Å². The lowest BCUT2D eigenvalue weighted by Gasteiger charge is -2.25. The van der Waals surface area contributed by atoms with Crippen molar-refractivity contribution in [2.75, 3.05) is 4.90 Å². The summed E-state index contributed by atoms with van der Waals surface area (Å²) in [6.45, 7) is 1.36. The van der Waals surface area contributed by atoms with E-state index in [1.165, 1.54) is 0 Å². The summed E-state index contributed by atoms with van der Waals surface area (Å²) in [5.41, 5.74) is 3.08. The lowest BCUT2D eigenvalue weighted by atomic mass is 10.1. The number of phenolic OH excluding ortho intramolecular Hbond substituents is 2. The molecule has 0 fully saturated rings. The zero-order valence-corrected chi connectivity index (χ0v) is 12.7. The lowest BCUT2D eigenvalue weighted by Crippen LogP contribution is -2.22. The Morgan fingerprint density at radius 2 is 1.13 bits per heavy atom. The molecule has 0 aromatic heterocycles. The second kappa shape index (κ2) is 6.88. The fourth-order valence-electron chi connectivity index (χ4n) is 2.55. The van der Waals surface area contributed by atoms with Gasteiger partial charge in [0.15, 0.2) is 0 Å². The Morgan fingerprint density at radius 1 is 0.696 bits per heavy atom. The first-order chi connectivity index (χ1) is 11.2. The van der Waals surface area contributed by atoms with Crippen molar-refractivity contribution in [3.05, 3.63) is 90.0 Å². The minimum Gasteiger partial charge on any atom is -0.507 e. The van der Waals surface area contributed by atoms with Crippen LogP contribution in [-0.4, -0.2) is 10.2 Å². The molecule has 0 saturated carbocycles. The summed E-state index contributed by atoms with van der Waals surface area (Å²) in [7, 11) is 0. The Morgan fingerprint density at radius 3 is 1.57 bits per heavy atom. The molecule has 0 bridgehead atoms. The average molecular weight is 304 g/mol. The zero-order valence-electron chi connectivity index (χ0n) is 12.7. The number of phenols is 2. The van der Waals surface area contributed by atoms with Gasteiger partial charge in [-0.3, -0.25) is 0 Å². The highest BCUT2D eigenvalue weighted by atomic mass is 16.3. The molecule has 0 aliphatic carbocycles. The Labute approximate surface area is 136 Å². The highest BCUT2D eigenvalue weighted by molar-refractivity contribution is 5.55. The van der Waals surface area contributed by atoms with Gasteiger partial charge >= 0.3 is 0 Å². The molecular weight excluding hydrogens is 286 g/mol. The molecule has 3 aromatic rings. The van der Waals surface area contributed by atoms with E-state index in [2.05, 4.69) is 35.2 Å². The molecule has 0 atom stereocenters. The maximum absolute atomic E-state index is 9.73. The van der Waals surface area contributed by atoms with Crippen LogP contribution in [0.3, 0.4) is 0 Å². The Hall–Kier alpha value is -2.94. The van der Waals surface area contributed by atoms with Gasteiger partial charge in [0.05, 0.1) is 6.07 Å². The van der Waals surface area contributed by atoms with Crippen LogP contribution in [0.5, 0.6) is 11.5 Å². The van der Waals surface area contributed by atoms with E-state index in [1.54, 1.807) is 12.1 Å². The van der Waals surface area contributed by atoms with E-state index >= 15 is 0 Å². The van der Waals surface area contributed by atoms with Gasteiger partial charge in [0.2, 0.25) is 0 Å². The minimum absolute atomic E-state index is 0.0638. The van der Waals surface area contributed by atoms with Crippen molar-refractivity contribution < 1.29 is 10.2 Å². The molecule has 0 heterocycles. The van der Waals surface area contributed by atoms with Gasteiger partial charge in [-0.15, -0.1) is 0 Å². The number of benzene rings is 3. The minimum atomic E-state index is -0.0638. The Balaban J connectivity index is 1.92. The van der Waals surface area contributed by atoms with Gasteiger partial charge < -0.3 is 15.1 Å². The van der Waals surface area contributed by atoms with Crippen LogP contribution in [0.1, 0.15) is 11.1 Å². The van der Waals surface area contributed by atoms with Crippen molar-refractivity contribution in [1.29, 1.82) is 0 Å². The van der Waals surface area contributed by atoms with Crippen LogP contribution in [0.15, 0.2) is 72.8 Å². The fraction of sp³-hybridized carbons (Fsp3) is 0.100. The molecule has 0 aliphatic heterocycles. The van der Waals surface area contributed by atoms with Gasteiger partial charge in [-0.1, -0.05) is 60.7 Å². The number of aromatic hydroxyl groups is 2. The highest BCUT2D eigenvalue weighted by Crippen LogP contribution is 2.28. The molecule has 0 saturated heterocycles. The molecule has 0 amide bonds. The molecule has 3 rings (SSSR count). The molecular formula is C20H18NO2. The fourth-order valence-corrected chi connectivity index (χ4v) is 2.55. The van der Waals surface area contributed by atoms with Crippen LogP contribution < -0.4 is 4.90 Å². The summed E-state index contributed by atoms with van der Waals surface area (Å²) < 4.78 is 0. The predicted molar refractivity (Wildman–Crippen MR) is 91.4 cm³/mol. The first-order valence-electron chi connectivity index (χ1n) is 7.49. The maximum Gasteiger partial charge on any atom is 0.129 e. The SMILES string of the molecule is Oc1[c]c(O)cc(N(Cc2ccccc2)Cc2ccccc2)c1. The third kappa shape index (κ3) is 4.04. The zero-order chi connectivity index (χ0) is 16.1. The van der Waals surface area contributed by atoms with Crippen molar-refractivity contribution in [2.45, 2.75) is 13.1 Å². The maximum atomic E-state index is 9.73. The number of hydrogen-bond acceptors (Lipinski definition) is 3. The van der Waals surface area contributed by atoms with Crippen LogP contribution in [0.25, 0.3) is 0 Å².